The quantitative estimate of drug-likeness (QED) is 0.298. The van der Waals surface area contributed by atoms with Crippen molar-refractivity contribution < 1.29 is 13.9 Å². The topological polar surface area (TPSA) is 76.4 Å². The van der Waals surface area contributed by atoms with Gasteiger partial charge in [-0.15, -0.1) is 0 Å². The second-order valence-electron chi connectivity index (χ2n) is 7.53. The van der Waals surface area contributed by atoms with Crippen LogP contribution in [0.25, 0.3) is 28.6 Å². The molecule has 0 radical (unpaired) electrons. The van der Waals surface area contributed by atoms with Crippen LogP contribution in [0.1, 0.15) is 16.7 Å². The number of thiocarbonyl (C=S) groups is 1. The predicted octanol–water partition coefficient (Wildman–Crippen LogP) is 5.65. The average Bonchev–Trinajstić information content (AvgIpc) is 3.21. The number of fused-ring (bicyclic) bond motifs is 1. The Balaban J connectivity index is 1.51. The van der Waals surface area contributed by atoms with Gasteiger partial charge in [-0.3, -0.25) is 10.1 Å². The second kappa shape index (κ2) is 9.67. The molecule has 0 saturated heterocycles. The third-order valence-corrected chi connectivity index (χ3v) is 5.37. The smallest absolute Gasteiger partial charge is 0.250 e. The van der Waals surface area contributed by atoms with Crippen molar-refractivity contribution in [3.8, 4) is 17.2 Å². The number of ether oxygens (including phenoxy) is 1. The molecule has 4 rings (SSSR count). The van der Waals surface area contributed by atoms with Crippen LogP contribution >= 0.6 is 12.2 Å². The molecule has 3 aromatic carbocycles. The second-order valence-corrected chi connectivity index (χ2v) is 7.93. The first kappa shape index (κ1) is 22.2. The van der Waals surface area contributed by atoms with Crippen LogP contribution in [0, 0.1) is 13.8 Å². The summed E-state index contributed by atoms with van der Waals surface area (Å²) < 4.78 is 11.4. The van der Waals surface area contributed by atoms with Crippen LogP contribution in [0.2, 0.25) is 0 Å². The highest BCUT2D eigenvalue weighted by Gasteiger charge is 2.14. The van der Waals surface area contributed by atoms with Gasteiger partial charge in [-0.05, 0) is 79.2 Å². The van der Waals surface area contributed by atoms with Gasteiger partial charge in [-0.25, -0.2) is 4.98 Å². The Bertz CT molecular complexity index is 1320. The van der Waals surface area contributed by atoms with Gasteiger partial charge in [-0.1, -0.05) is 30.3 Å². The molecule has 166 valence electrons. The van der Waals surface area contributed by atoms with E-state index in [1.54, 1.807) is 19.3 Å². The maximum absolute atomic E-state index is 12.2. The summed E-state index contributed by atoms with van der Waals surface area (Å²) in [6.07, 6.45) is 3.15. The van der Waals surface area contributed by atoms with E-state index in [0.29, 0.717) is 17.3 Å². The molecule has 7 heteroatoms. The maximum Gasteiger partial charge on any atom is 0.250 e. The molecule has 0 aliphatic heterocycles. The van der Waals surface area contributed by atoms with Crippen molar-refractivity contribution in [2.24, 2.45) is 0 Å². The van der Waals surface area contributed by atoms with Gasteiger partial charge in [0.15, 0.2) is 10.7 Å². The highest BCUT2D eigenvalue weighted by Crippen LogP contribution is 2.32. The summed E-state index contributed by atoms with van der Waals surface area (Å²) in [7, 11) is 1.56. The molecule has 4 aromatic rings. The van der Waals surface area contributed by atoms with Crippen LogP contribution in [0.4, 0.5) is 5.69 Å². The third kappa shape index (κ3) is 5.27. The fourth-order valence-corrected chi connectivity index (χ4v) is 3.50. The van der Waals surface area contributed by atoms with Crippen molar-refractivity contribution in [2.75, 3.05) is 12.4 Å². The Morgan fingerprint density at radius 3 is 2.58 bits per heavy atom. The SMILES string of the molecule is COc1ccc(-c2nc3cc(C)c(C)cc3o2)cc1NC(=S)NC(=O)/C=C/c1ccccc1. The first-order chi connectivity index (χ1) is 15.9. The van der Waals surface area contributed by atoms with E-state index in [0.717, 1.165) is 33.4 Å². The van der Waals surface area contributed by atoms with E-state index >= 15 is 0 Å². The molecule has 6 nitrogen and oxygen atoms in total. The van der Waals surface area contributed by atoms with Crippen LogP contribution in [0.15, 0.2) is 71.2 Å². The van der Waals surface area contributed by atoms with Crippen LogP contribution in [0.5, 0.6) is 5.75 Å². The van der Waals surface area contributed by atoms with Crippen LogP contribution in [-0.4, -0.2) is 23.1 Å². The van der Waals surface area contributed by atoms with Crippen molar-refractivity contribution in [1.82, 2.24) is 10.3 Å². The lowest BCUT2D eigenvalue weighted by atomic mass is 10.1. The van der Waals surface area contributed by atoms with Crippen molar-refractivity contribution in [2.45, 2.75) is 13.8 Å². The number of nitrogens with zero attached hydrogens (tertiary/aromatic N) is 1. The van der Waals surface area contributed by atoms with Crippen LogP contribution in [-0.2, 0) is 4.79 Å². The number of aryl methyl sites for hydroxylation is 2. The fourth-order valence-electron chi connectivity index (χ4n) is 3.29. The Hall–Kier alpha value is -3.97. The minimum atomic E-state index is -0.337. The Morgan fingerprint density at radius 2 is 1.82 bits per heavy atom. The van der Waals surface area contributed by atoms with E-state index in [2.05, 4.69) is 15.6 Å². The molecule has 0 fully saturated rings. The number of hydrogen-bond donors (Lipinski definition) is 2. The van der Waals surface area contributed by atoms with Gasteiger partial charge in [0, 0.05) is 11.6 Å². The molecule has 1 heterocycles. The zero-order valence-electron chi connectivity index (χ0n) is 18.5. The molecular formula is C26H23N3O3S. The number of aromatic nitrogens is 1. The lowest BCUT2D eigenvalue weighted by Crippen LogP contribution is -2.32. The lowest BCUT2D eigenvalue weighted by Gasteiger charge is -2.13. The van der Waals surface area contributed by atoms with Gasteiger partial charge in [0.05, 0.1) is 12.8 Å². The molecule has 1 aromatic heterocycles. The molecule has 0 saturated carbocycles. The monoisotopic (exact) mass is 457 g/mol. The van der Waals surface area contributed by atoms with Crippen LogP contribution in [0.3, 0.4) is 0 Å². The first-order valence-corrected chi connectivity index (χ1v) is 10.7. The van der Waals surface area contributed by atoms with Crippen molar-refractivity contribution in [3.63, 3.8) is 0 Å². The number of benzene rings is 3. The number of methoxy groups -OCH3 is 1. The highest BCUT2D eigenvalue weighted by atomic mass is 32.1. The summed E-state index contributed by atoms with van der Waals surface area (Å²) >= 11 is 5.32. The summed E-state index contributed by atoms with van der Waals surface area (Å²) in [6.45, 7) is 4.08. The number of carbonyl (C=O) groups excluding carboxylic acids is 1. The number of anilines is 1. The summed E-state index contributed by atoms with van der Waals surface area (Å²) in [4.78, 5) is 16.8. The Labute approximate surface area is 197 Å². The number of carbonyl (C=O) groups is 1. The summed E-state index contributed by atoms with van der Waals surface area (Å²) in [6, 6.07) is 19.0. The third-order valence-electron chi connectivity index (χ3n) is 5.16. The van der Waals surface area contributed by atoms with E-state index in [9.17, 15) is 4.79 Å². The molecular weight excluding hydrogens is 434 g/mol. The van der Waals surface area contributed by atoms with Crippen molar-refractivity contribution >= 4 is 46.1 Å². The first-order valence-electron chi connectivity index (χ1n) is 10.3. The number of hydrogen-bond acceptors (Lipinski definition) is 5. The summed E-state index contributed by atoms with van der Waals surface area (Å²) in [5.41, 5.74) is 6.08. The molecule has 1 amide bonds. The molecule has 2 N–H and O–H groups in total. The highest BCUT2D eigenvalue weighted by molar-refractivity contribution is 7.80. The van der Waals surface area contributed by atoms with Gasteiger partial charge in [-0.2, -0.15) is 0 Å². The zero-order valence-corrected chi connectivity index (χ0v) is 19.3. The largest absolute Gasteiger partial charge is 0.495 e. The van der Waals surface area contributed by atoms with Gasteiger partial charge < -0.3 is 14.5 Å². The number of oxazole rings is 1. The van der Waals surface area contributed by atoms with Gasteiger partial charge in [0.25, 0.3) is 0 Å². The standard InChI is InChI=1S/C26H23N3O3S/c1-16-13-20-23(14-17(16)2)32-25(27-20)19-10-11-22(31-3)21(15-19)28-26(33)29-24(30)12-9-18-7-5-4-6-8-18/h4-15H,1-3H3,(H2,28,29,30,33)/b12-9+. The van der Waals surface area contributed by atoms with E-state index in [4.69, 9.17) is 21.4 Å². The summed E-state index contributed by atoms with van der Waals surface area (Å²) in [5.74, 6) is 0.718. The number of rotatable bonds is 5. The maximum atomic E-state index is 12.2. The number of amides is 1. The van der Waals surface area contributed by atoms with Crippen molar-refractivity contribution in [1.29, 1.82) is 0 Å². The molecule has 33 heavy (non-hydrogen) atoms. The van der Waals surface area contributed by atoms with Crippen LogP contribution < -0.4 is 15.4 Å². The van der Waals surface area contributed by atoms with Gasteiger partial charge in [0.1, 0.15) is 11.3 Å². The Morgan fingerprint density at radius 1 is 1.06 bits per heavy atom. The van der Waals surface area contributed by atoms with E-state index < -0.39 is 0 Å². The molecule has 0 aliphatic rings. The van der Waals surface area contributed by atoms with Crippen molar-refractivity contribution in [3.05, 3.63) is 83.4 Å². The van der Waals surface area contributed by atoms with E-state index in [-0.39, 0.29) is 11.0 Å². The van der Waals surface area contributed by atoms with E-state index in [1.807, 2.05) is 68.4 Å². The zero-order chi connectivity index (χ0) is 23.4. The van der Waals surface area contributed by atoms with E-state index in [1.165, 1.54) is 6.08 Å². The lowest BCUT2D eigenvalue weighted by molar-refractivity contribution is -0.115. The molecule has 0 atom stereocenters. The molecule has 0 spiro atoms. The normalized spacial score (nSPS) is 11.0. The molecule has 0 aliphatic carbocycles. The fraction of sp³-hybridized carbons (Fsp3) is 0.115. The summed E-state index contributed by atoms with van der Waals surface area (Å²) in [5, 5.41) is 5.82. The minimum absolute atomic E-state index is 0.150. The number of nitrogens with one attached hydrogen (secondary N) is 2. The molecule has 0 unspecified atom stereocenters. The molecule has 0 bridgehead atoms. The minimum Gasteiger partial charge on any atom is -0.495 e. The Kier molecular flexibility index (Phi) is 6.51. The van der Waals surface area contributed by atoms with Gasteiger partial charge in [0.2, 0.25) is 11.8 Å². The van der Waals surface area contributed by atoms with Gasteiger partial charge >= 0.3 is 0 Å². The predicted molar refractivity (Wildman–Crippen MR) is 135 cm³/mol. The average molecular weight is 458 g/mol.